The van der Waals surface area contributed by atoms with Crippen LogP contribution in [0.2, 0.25) is 0 Å². The molecule has 0 spiro atoms. The second-order valence-electron chi connectivity index (χ2n) is 4.66. The van der Waals surface area contributed by atoms with Gasteiger partial charge in [-0.15, -0.1) is 0 Å². The monoisotopic (exact) mass is 246 g/mol. The van der Waals surface area contributed by atoms with Crippen LogP contribution in [0, 0.1) is 0 Å². The first-order chi connectivity index (χ1) is 8.72. The van der Waals surface area contributed by atoms with Gasteiger partial charge in [-0.3, -0.25) is 0 Å². The largest absolute Gasteiger partial charge is 0.478 e. The number of benzene rings is 1. The van der Waals surface area contributed by atoms with Crippen molar-refractivity contribution in [3.8, 4) is 0 Å². The molecule has 96 valence electrons. The van der Waals surface area contributed by atoms with Crippen molar-refractivity contribution in [2.45, 2.75) is 32.1 Å². The third-order valence-electron chi connectivity index (χ3n) is 3.49. The average molecular weight is 246 g/mol. The Morgan fingerprint density at radius 1 is 1.17 bits per heavy atom. The molecule has 1 aliphatic rings. The normalized spacial score (nSPS) is 15.2. The number of aryl methyl sites for hydroxylation is 1. The van der Waals surface area contributed by atoms with Crippen LogP contribution in [0.4, 0.5) is 0 Å². The predicted octanol–water partition coefficient (Wildman–Crippen LogP) is 2.33. The number of aliphatic hydroxyl groups is 1. The van der Waals surface area contributed by atoms with E-state index >= 15 is 0 Å². The molecule has 0 aliphatic heterocycles. The van der Waals surface area contributed by atoms with Crippen molar-refractivity contribution < 1.29 is 15.0 Å². The number of aliphatic hydroxyl groups excluding tert-OH is 1. The highest BCUT2D eigenvalue weighted by Gasteiger charge is 2.19. The molecule has 1 aliphatic carbocycles. The van der Waals surface area contributed by atoms with Crippen LogP contribution in [-0.4, -0.2) is 22.8 Å². The van der Waals surface area contributed by atoms with E-state index in [0.29, 0.717) is 31.3 Å². The summed E-state index contributed by atoms with van der Waals surface area (Å²) < 4.78 is 0. The minimum Gasteiger partial charge on any atom is -0.478 e. The van der Waals surface area contributed by atoms with E-state index < -0.39 is 5.97 Å². The highest BCUT2D eigenvalue weighted by atomic mass is 16.4. The third kappa shape index (κ3) is 2.79. The van der Waals surface area contributed by atoms with Crippen molar-refractivity contribution in [3.05, 3.63) is 46.5 Å². The van der Waals surface area contributed by atoms with Crippen LogP contribution in [0.15, 0.2) is 35.4 Å². The number of fused-ring (bicyclic) bond motifs is 1. The van der Waals surface area contributed by atoms with Gasteiger partial charge in [-0.1, -0.05) is 29.8 Å². The molecule has 0 fully saturated rings. The molecule has 3 heteroatoms. The molecule has 2 N–H and O–H groups in total. The Balaban J connectivity index is 2.31. The third-order valence-corrected chi connectivity index (χ3v) is 3.49. The molecular formula is C15H18O3. The lowest BCUT2D eigenvalue weighted by atomic mass is 9.97. The first-order valence-corrected chi connectivity index (χ1v) is 6.34. The average Bonchev–Trinajstić information content (AvgIpc) is 2.55. The minimum atomic E-state index is -0.809. The SMILES string of the molecule is O=C(O)C1=C(CCCO)Cc2ccccc2CC1. The molecule has 0 amide bonds. The van der Waals surface area contributed by atoms with Crippen LogP contribution in [0.25, 0.3) is 0 Å². The summed E-state index contributed by atoms with van der Waals surface area (Å²) in [6.45, 7) is 0.109. The molecule has 1 aromatic rings. The van der Waals surface area contributed by atoms with Crippen molar-refractivity contribution >= 4 is 5.97 Å². The summed E-state index contributed by atoms with van der Waals surface area (Å²) in [5.74, 6) is -0.809. The highest BCUT2D eigenvalue weighted by molar-refractivity contribution is 5.87. The molecule has 0 aromatic heterocycles. The van der Waals surface area contributed by atoms with Crippen molar-refractivity contribution in [2.75, 3.05) is 6.61 Å². The van der Waals surface area contributed by atoms with Crippen LogP contribution in [0.3, 0.4) is 0 Å². The minimum absolute atomic E-state index is 0.109. The van der Waals surface area contributed by atoms with E-state index in [1.165, 1.54) is 11.1 Å². The van der Waals surface area contributed by atoms with E-state index in [1.54, 1.807) is 0 Å². The van der Waals surface area contributed by atoms with Crippen LogP contribution in [0.1, 0.15) is 30.4 Å². The highest BCUT2D eigenvalue weighted by Crippen LogP contribution is 2.27. The second kappa shape index (κ2) is 5.83. The Labute approximate surface area is 107 Å². The Morgan fingerprint density at radius 2 is 1.89 bits per heavy atom. The first kappa shape index (κ1) is 12.8. The Kier molecular flexibility index (Phi) is 4.15. The topological polar surface area (TPSA) is 57.5 Å². The van der Waals surface area contributed by atoms with Crippen LogP contribution in [-0.2, 0) is 17.6 Å². The number of hydrogen-bond acceptors (Lipinski definition) is 2. The zero-order chi connectivity index (χ0) is 13.0. The quantitative estimate of drug-likeness (QED) is 0.857. The summed E-state index contributed by atoms with van der Waals surface area (Å²) in [6, 6.07) is 8.13. The molecule has 0 saturated carbocycles. The van der Waals surface area contributed by atoms with Crippen LogP contribution in [0.5, 0.6) is 0 Å². The van der Waals surface area contributed by atoms with Gasteiger partial charge in [0, 0.05) is 12.2 Å². The van der Waals surface area contributed by atoms with Gasteiger partial charge in [0.1, 0.15) is 0 Å². The van der Waals surface area contributed by atoms with E-state index in [4.69, 9.17) is 5.11 Å². The smallest absolute Gasteiger partial charge is 0.331 e. The molecule has 0 heterocycles. The van der Waals surface area contributed by atoms with E-state index in [1.807, 2.05) is 12.1 Å². The summed E-state index contributed by atoms with van der Waals surface area (Å²) in [5.41, 5.74) is 3.98. The summed E-state index contributed by atoms with van der Waals surface area (Å²) in [4.78, 5) is 11.3. The van der Waals surface area contributed by atoms with Gasteiger partial charge in [0.25, 0.3) is 0 Å². The van der Waals surface area contributed by atoms with Gasteiger partial charge in [-0.2, -0.15) is 0 Å². The fourth-order valence-electron chi connectivity index (χ4n) is 2.54. The van der Waals surface area contributed by atoms with Crippen LogP contribution >= 0.6 is 0 Å². The van der Waals surface area contributed by atoms with Gasteiger partial charge in [0.15, 0.2) is 0 Å². The summed E-state index contributed by atoms with van der Waals surface area (Å²) in [5, 5.41) is 18.2. The number of carboxylic acids is 1. The summed E-state index contributed by atoms with van der Waals surface area (Å²) >= 11 is 0. The Bertz CT molecular complexity index is 474. The zero-order valence-corrected chi connectivity index (χ0v) is 10.4. The standard InChI is InChI=1S/C15H18O3/c16-9-3-6-13-10-12-5-2-1-4-11(12)7-8-14(13)15(17)18/h1-2,4-5,16H,3,6-10H2,(H,17,18). The van der Waals surface area contributed by atoms with Crippen molar-refractivity contribution in [3.63, 3.8) is 0 Å². The van der Waals surface area contributed by atoms with Crippen LogP contribution < -0.4 is 0 Å². The van der Waals surface area contributed by atoms with Gasteiger partial charge < -0.3 is 10.2 Å². The van der Waals surface area contributed by atoms with Crippen molar-refractivity contribution in [1.82, 2.24) is 0 Å². The lowest BCUT2D eigenvalue weighted by Crippen LogP contribution is -2.06. The number of aliphatic carboxylic acids is 1. The lowest BCUT2D eigenvalue weighted by Gasteiger charge is -2.09. The lowest BCUT2D eigenvalue weighted by molar-refractivity contribution is -0.132. The van der Waals surface area contributed by atoms with E-state index in [0.717, 1.165) is 12.0 Å². The van der Waals surface area contributed by atoms with Gasteiger partial charge in [-0.25, -0.2) is 4.79 Å². The fraction of sp³-hybridized carbons (Fsp3) is 0.400. The van der Waals surface area contributed by atoms with E-state index in [9.17, 15) is 9.90 Å². The zero-order valence-electron chi connectivity index (χ0n) is 10.4. The molecular weight excluding hydrogens is 228 g/mol. The van der Waals surface area contributed by atoms with E-state index in [-0.39, 0.29) is 6.61 Å². The maximum absolute atomic E-state index is 11.3. The maximum atomic E-state index is 11.3. The summed E-state index contributed by atoms with van der Waals surface area (Å²) in [6.07, 6.45) is 3.39. The van der Waals surface area contributed by atoms with Crippen molar-refractivity contribution in [2.24, 2.45) is 0 Å². The molecule has 0 atom stereocenters. The van der Waals surface area contributed by atoms with Gasteiger partial charge in [0.2, 0.25) is 0 Å². The number of carbonyl (C=O) groups is 1. The van der Waals surface area contributed by atoms with Gasteiger partial charge in [-0.05, 0) is 43.2 Å². The Hall–Kier alpha value is -1.61. The summed E-state index contributed by atoms with van der Waals surface area (Å²) in [7, 11) is 0. The number of carboxylic acid groups (broad SMARTS) is 1. The number of hydrogen-bond donors (Lipinski definition) is 2. The second-order valence-corrected chi connectivity index (χ2v) is 4.66. The molecule has 18 heavy (non-hydrogen) atoms. The molecule has 2 rings (SSSR count). The van der Waals surface area contributed by atoms with Gasteiger partial charge in [0.05, 0.1) is 0 Å². The molecule has 3 nitrogen and oxygen atoms in total. The Morgan fingerprint density at radius 3 is 2.56 bits per heavy atom. The van der Waals surface area contributed by atoms with E-state index in [2.05, 4.69) is 12.1 Å². The first-order valence-electron chi connectivity index (χ1n) is 6.34. The molecule has 1 aromatic carbocycles. The maximum Gasteiger partial charge on any atom is 0.331 e. The fourth-order valence-corrected chi connectivity index (χ4v) is 2.54. The molecule has 0 bridgehead atoms. The molecule has 0 saturated heterocycles. The molecule has 0 radical (unpaired) electrons. The number of rotatable bonds is 4. The van der Waals surface area contributed by atoms with Crippen molar-refractivity contribution in [1.29, 1.82) is 0 Å². The molecule has 0 unspecified atom stereocenters. The predicted molar refractivity (Wildman–Crippen MR) is 69.4 cm³/mol. The number of allylic oxidation sites excluding steroid dienone is 1. The van der Waals surface area contributed by atoms with Gasteiger partial charge >= 0.3 is 5.97 Å².